The topological polar surface area (TPSA) is 71.2 Å². The van der Waals surface area contributed by atoms with E-state index in [2.05, 4.69) is 29.1 Å². The van der Waals surface area contributed by atoms with Gasteiger partial charge in [0, 0.05) is 19.6 Å². The van der Waals surface area contributed by atoms with E-state index in [0.717, 1.165) is 26.1 Å². The average Bonchev–Trinajstić information content (AvgIpc) is 2.83. The van der Waals surface area contributed by atoms with Crippen LogP contribution in [0.1, 0.15) is 36.8 Å². The summed E-state index contributed by atoms with van der Waals surface area (Å²) in [5.74, 6) is -0.368. The molecule has 0 aliphatic carbocycles. The van der Waals surface area contributed by atoms with E-state index in [4.69, 9.17) is 5.11 Å². The van der Waals surface area contributed by atoms with Gasteiger partial charge in [-0.25, -0.2) is 9.48 Å². The molecule has 6 heteroatoms. The molecule has 0 radical (unpaired) electrons. The van der Waals surface area contributed by atoms with Crippen molar-refractivity contribution in [3.05, 3.63) is 11.9 Å². The molecule has 0 aromatic carbocycles. The van der Waals surface area contributed by atoms with Crippen molar-refractivity contribution >= 4 is 5.97 Å². The van der Waals surface area contributed by atoms with Crippen LogP contribution in [0.25, 0.3) is 0 Å². The monoisotopic (exact) mass is 238 g/mol. The van der Waals surface area contributed by atoms with E-state index in [9.17, 15) is 4.79 Å². The number of rotatable bonds is 4. The maximum Gasteiger partial charge on any atom is 0.358 e. The molecule has 1 fully saturated rings. The van der Waals surface area contributed by atoms with Gasteiger partial charge in [0.2, 0.25) is 0 Å². The normalized spacial score (nSPS) is 21.2. The minimum atomic E-state index is -1.02. The summed E-state index contributed by atoms with van der Waals surface area (Å²) < 4.78 is 1.68. The van der Waals surface area contributed by atoms with Crippen LogP contribution in [-0.4, -0.2) is 50.6 Å². The minimum absolute atomic E-state index is 0.0207. The molecule has 0 bridgehead atoms. The summed E-state index contributed by atoms with van der Waals surface area (Å²) in [6.07, 6.45) is 2.53. The summed E-state index contributed by atoms with van der Waals surface area (Å²) >= 11 is 0. The lowest BCUT2D eigenvalue weighted by molar-refractivity contribution is 0.0690. The summed E-state index contributed by atoms with van der Waals surface area (Å²) in [5, 5.41) is 16.3. The molecule has 1 aliphatic rings. The van der Waals surface area contributed by atoms with Crippen LogP contribution in [0, 0.1) is 5.92 Å². The van der Waals surface area contributed by atoms with Gasteiger partial charge in [-0.1, -0.05) is 19.1 Å². The Balaban J connectivity index is 1.97. The molecule has 17 heavy (non-hydrogen) atoms. The Morgan fingerprint density at radius 2 is 2.41 bits per heavy atom. The highest BCUT2D eigenvalue weighted by Crippen LogP contribution is 2.21. The third-order valence-corrected chi connectivity index (χ3v) is 2.97. The molecule has 0 saturated carbocycles. The van der Waals surface area contributed by atoms with Gasteiger partial charge < -0.3 is 10.0 Å². The summed E-state index contributed by atoms with van der Waals surface area (Å²) in [6, 6.07) is 0.259. The van der Waals surface area contributed by atoms with Crippen molar-refractivity contribution in [1.82, 2.24) is 19.9 Å². The van der Waals surface area contributed by atoms with Crippen LogP contribution >= 0.6 is 0 Å². The van der Waals surface area contributed by atoms with Crippen LogP contribution in [-0.2, 0) is 0 Å². The molecule has 1 aliphatic heterocycles. The van der Waals surface area contributed by atoms with Crippen LogP contribution in [0.3, 0.4) is 0 Å². The maximum absolute atomic E-state index is 10.7. The van der Waals surface area contributed by atoms with E-state index >= 15 is 0 Å². The smallest absolute Gasteiger partial charge is 0.358 e. The third-order valence-electron chi connectivity index (χ3n) is 2.97. The Labute approximate surface area is 100 Å². The highest BCUT2D eigenvalue weighted by atomic mass is 16.4. The molecule has 1 aromatic heterocycles. The van der Waals surface area contributed by atoms with Gasteiger partial charge in [-0.2, -0.15) is 0 Å². The Morgan fingerprint density at radius 3 is 3.00 bits per heavy atom. The van der Waals surface area contributed by atoms with Crippen LogP contribution in [0.5, 0.6) is 0 Å². The van der Waals surface area contributed by atoms with E-state index in [1.807, 2.05) is 0 Å². The number of hydrogen-bond donors (Lipinski definition) is 1. The van der Waals surface area contributed by atoms with Crippen molar-refractivity contribution < 1.29 is 9.90 Å². The Morgan fingerprint density at radius 1 is 1.65 bits per heavy atom. The molecule has 0 spiro atoms. The fourth-order valence-electron chi connectivity index (χ4n) is 2.26. The molecule has 6 nitrogen and oxygen atoms in total. The highest BCUT2D eigenvalue weighted by molar-refractivity contribution is 5.84. The predicted molar refractivity (Wildman–Crippen MR) is 61.9 cm³/mol. The van der Waals surface area contributed by atoms with Gasteiger partial charge in [0.15, 0.2) is 5.69 Å². The third kappa shape index (κ3) is 2.82. The van der Waals surface area contributed by atoms with Gasteiger partial charge in [-0.05, 0) is 12.3 Å². The summed E-state index contributed by atoms with van der Waals surface area (Å²) in [7, 11) is 0. The van der Waals surface area contributed by atoms with Gasteiger partial charge in [0.25, 0.3) is 0 Å². The summed E-state index contributed by atoms with van der Waals surface area (Å²) in [6.45, 7) is 7.46. The van der Waals surface area contributed by atoms with Crippen molar-refractivity contribution in [3.63, 3.8) is 0 Å². The van der Waals surface area contributed by atoms with Crippen LogP contribution in [0.15, 0.2) is 6.20 Å². The molecule has 94 valence electrons. The Bertz CT molecular complexity index is 402. The fraction of sp³-hybridized carbons (Fsp3) is 0.727. The number of aromatic carboxylic acids is 1. The van der Waals surface area contributed by atoms with Gasteiger partial charge in [0.1, 0.15) is 0 Å². The molecular weight excluding hydrogens is 220 g/mol. The Hall–Kier alpha value is -1.43. The number of likely N-dealkylation sites (tertiary alicyclic amines) is 1. The first kappa shape index (κ1) is 12.0. The SMILES string of the molecule is CC(C)CN1CCC(n2cc(C(=O)O)nn2)C1. The van der Waals surface area contributed by atoms with E-state index in [1.54, 1.807) is 4.68 Å². The molecule has 1 N–H and O–H groups in total. The number of nitrogens with zero attached hydrogens (tertiary/aromatic N) is 4. The summed E-state index contributed by atoms with van der Waals surface area (Å²) in [5.41, 5.74) is 0.0207. The van der Waals surface area contributed by atoms with Crippen molar-refractivity contribution in [2.75, 3.05) is 19.6 Å². The first-order valence-corrected chi connectivity index (χ1v) is 5.93. The molecule has 1 unspecified atom stereocenters. The van der Waals surface area contributed by atoms with Crippen molar-refractivity contribution in [3.8, 4) is 0 Å². The molecule has 2 rings (SSSR count). The van der Waals surface area contributed by atoms with Crippen LogP contribution in [0.2, 0.25) is 0 Å². The average molecular weight is 238 g/mol. The van der Waals surface area contributed by atoms with Crippen molar-refractivity contribution in [1.29, 1.82) is 0 Å². The second-order valence-corrected chi connectivity index (χ2v) is 4.98. The number of carboxylic acids is 1. The maximum atomic E-state index is 10.7. The number of aromatic nitrogens is 3. The second-order valence-electron chi connectivity index (χ2n) is 4.98. The lowest BCUT2D eigenvalue weighted by Crippen LogP contribution is -2.26. The molecule has 1 aromatic rings. The number of carbonyl (C=O) groups is 1. The minimum Gasteiger partial charge on any atom is -0.476 e. The largest absolute Gasteiger partial charge is 0.476 e. The molecular formula is C11H18N4O2. The van der Waals surface area contributed by atoms with Gasteiger partial charge >= 0.3 is 5.97 Å². The lowest BCUT2D eigenvalue weighted by Gasteiger charge is -2.17. The van der Waals surface area contributed by atoms with E-state index in [-0.39, 0.29) is 11.7 Å². The predicted octanol–water partition coefficient (Wildman–Crippen LogP) is 0.879. The van der Waals surface area contributed by atoms with E-state index in [1.165, 1.54) is 6.20 Å². The second kappa shape index (κ2) is 4.83. The van der Waals surface area contributed by atoms with Crippen LogP contribution < -0.4 is 0 Å². The highest BCUT2D eigenvalue weighted by Gasteiger charge is 2.25. The molecule has 1 atom stereocenters. The van der Waals surface area contributed by atoms with Gasteiger partial charge in [0.05, 0.1) is 12.2 Å². The fourth-order valence-corrected chi connectivity index (χ4v) is 2.26. The van der Waals surface area contributed by atoms with Crippen molar-refractivity contribution in [2.24, 2.45) is 5.92 Å². The van der Waals surface area contributed by atoms with E-state index < -0.39 is 5.97 Å². The summed E-state index contributed by atoms with van der Waals surface area (Å²) in [4.78, 5) is 13.1. The molecule has 2 heterocycles. The first-order valence-electron chi connectivity index (χ1n) is 5.93. The van der Waals surface area contributed by atoms with Gasteiger partial charge in [-0.3, -0.25) is 0 Å². The standard InChI is InChI=1S/C11H18N4O2/c1-8(2)5-14-4-3-9(6-14)15-7-10(11(16)17)12-13-15/h7-9H,3-6H2,1-2H3,(H,16,17). The zero-order valence-electron chi connectivity index (χ0n) is 10.2. The van der Waals surface area contributed by atoms with Crippen LogP contribution in [0.4, 0.5) is 0 Å². The lowest BCUT2D eigenvalue weighted by atomic mass is 10.2. The van der Waals surface area contributed by atoms with E-state index in [0.29, 0.717) is 5.92 Å². The zero-order valence-corrected chi connectivity index (χ0v) is 10.2. The van der Waals surface area contributed by atoms with Gasteiger partial charge in [-0.15, -0.1) is 5.10 Å². The molecule has 0 amide bonds. The number of hydrogen-bond acceptors (Lipinski definition) is 4. The van der Waals surface area contributed by atoms with Crippen molar-refractivity contribution in [2.45, 2.75) is 26.3 Å². The number of carboxylic acid groups (broad SMARTS) is 1. The quantitative estimate of drug-likeness (QED) is 0.843. The first-order chi connectivity index (χ1) is 8.06. The zero-order chi connectivity index (χ0) is 12.4. The molecule has 1 saturated heterocycles. The Kier molecular flexibility index (Phi) is 3.42.